The Labute approximate surface area is 199 Å². The van der Waals surface area contributed by atoms with Crippen molar-refractivity contribution in [2.24, 2.45) is 5.92 Å². The summed E-state index contributed by atoms with van der Waals surface area (Å²) >= 11 is 1.79. The van der Waals surface area contributed by atoms with Gasteiger partial charge >= 0.3 is 0 Å². The molecule has 1 fully saturated rings. The minimum Gasteiger partial charge on any atom is -0.390 e. The normalized spacial score (nSPS) is 18.1. The second-order valence-corrected chi connectivity index (χ2v) is 10.2. The van der Waals surface area contributed by atoms with Crippen LogP contribution < -0.4 is 5.32 Å². The van der Waals surface area contributed by atoms with Gasteiger partial charge in [0.15, 0.2) is 0 Å². The Morgan fingerprint density at radius 3 is 2.82 bits per heavy atom. The number of β-amino-alcohol motifs (C(OH)–C–C–N with tert-alkyl or cyclic N) is 1. The highest BCUT2D eigenvalue weighted by atomic mass is 32.1. The number of carbonyl (C=O) groups is 2. The van der Waals surface area contributed by atoms with Gasteiger partial charge in [0, 0.05) is 56.8 Å². The molecular formula is C24H33N5O3S. The monoisotopic (exact) mass is 471 g/mol. The number of carbonyl (C=O) groups excluding carboxylic acids is 2. The lowest BCUT2D eigenvalue weighted by Crippen LogP contribution is -2.42. The number of hydrogen-bond donors (Lipinski definition) is 2. The quantitative estimate of drug-likeness (QED) is 0.639. The molecule has 0 radical (unpaired) electrons. The lowest BCUT2D eigenvalue weighted by atomic mass is 9.92. The zero-order chi connectivity index (χ0) is 23.4. The Bertz CT molecular complexity index is 986. The molecule has 2 aliphatic heterocycles. The number of hydrogen-bond acceptors (Lipinski definition) is 7. The van der Waals surface area contributed by atoms with Crippen LogP contribution >= 0.6 is 11.3 Å². The zero-order valence-electron chi connectivity index (χ0n) is 19.4. The number of aromatic nitrogens is 2. The summed E-state index contributed by atoms with van der Waals surface area (Å²) in [5, 5.41) is 15.5. The van der Waals surface area contributed by atoms with Crippen molar-refractivity contribution in [3.05, 3.63) is 45.2 Å². The molecule has 1 saturated heterocycles. The minimum atomic E-state index is -0.635. The Hall–Kier alpha value is -2.36. The zero-order valence-corrected chi connectivity index (χ0v) is 20.2. The number of fused-ring (bicyclic) bond motifs is 1. The number of thiophene rings is 1. The topological polar surface area (TPSA) is 98.7 Å². The predicted molar refractivity (Wildman–Crippen MR) is 127 cm³/mol. The molecule has 8 nitrogen and oxygen atoms in total. The van der Waals surface area contributed by atoms with Gasteiger partial charge in [0.25, 0.3) is 5.91 Å². The van der Waals surface area contributed by atoms with Crippen molar-refractivity contribution in [3.8, 4) is 0 Å². The SMILES string of the molecule is CC(=O)N1CCC(Cc2cc(C(=O)NC[C@H](O)CN3CCc4c(C)csc4C3)ncn2)CC1. The van der Waals surface area contributed by atoms with Gasteiger partial charge in [-0.05, 0) is 61.1 Å². The van der Waals surface area contributed by atoms with Crippen molar-refractivity contribution in [2.45, 2.75) is 52.2 Å². The molecule has 178 valence electrons. The highest BCUT2D eigenvalue weighted by Gasteiger charge is 2.23. The van der Waals surface area contributed by atoms with E-state index in [1.165, 1.54) is 22.3 Å². The second-order valence-electron chi connectivity index (χ2n) is 9.22. The van der Waals surface area contributed by atoms with Crippen LogP contribution in [0.2, 0.25) is 0 Å². The number of likely N-dealkylation sites (tertiary alicyclic amines) is 1. The van der Waals surface area contributed by atoms with Crippen LogP contribution in [0.1, 0.15) is 52.0 Å². The molecule has 0 spiro atoms. The molecule has 4 heterocycles. The average molecular weight is 472 g/mol. The van der Waals surface area contributed by atoms with E-state index in [9.17, 15) is 14.7 Å². The van der Waals surface area contributed by atoms with Crippen molar-refractivity contribution in [3.63, 3.8) is 0 Å². The van der Waals surface area contributed by atoms with E-state index in [1.807, 2.05) is 4.90 Å². The predicted octanol–water partition coefficient (Wildman–Crippen LogP) is 1.80. The maximum atomic E-state index is 12.6. The first-order chi connectivity index (χ1) is 15.9. The first-order valence-electron chi connectivity index (χ1n) is 11.7. The van der Waals surface area contributed by atoms with Crippen LogP contribution in [0.25, 0.3) is 0 Å². The van der Waals surface area contributed by atoms with Gasteiger partial charge in [0.05, 0.1) is 6.10 Å². The number of piperidine rings is 1. The van der Waals surface area contributed by atoms with Gasteiger partial charge in [-0.2, -0.15) is 0 Å². The largest absolute Gasteiger partial charge is 0.390 e. The van der Waals surface area contributed by atoms with Crippen molar-refractivity contribution >= 4 is 23.2 Å². The number of nitrogens with one attached hydrogen (secondary N) is 1. The highest BCUT2D eigenvalue weighted by Crippen LogP contribution is 2.28. The Balaban J connectivity index is 1.23. The maximum absolute atomic E-state index is 12.6. The molecule has 2 aliphatic rings. The summed E-state index contributed by atoms with van der Waals surface area (Å²) in [6, 6.07) is 1.74. The van der Waals surface area contributed by atoms with Crippen molar-refractivity contribution in [2.75, 3.05) is 32.7 Å². The molecule has 0 aromatic carbocycles. The van der Waals surface area contributed by atoms with E-state index in [0.29, 0.717) is 18.2 Å². The summed E-state index contributed by atoms with van der Waals surface area (Å²) in [5.41, 5.74) is 3.99. The van der Waals surface area contributed by atoms with Crippen molar-refractivity contribution in [1.29, 1.82) is 0 Å². The van der Waals surface area contributed by atoms with E-state index < -0.39 is 6.10 Å². The summed E-state index contributed by atoms with van der Waals surface area (Å²) in [6.45, 7) is 7.83. The van der Waals surface area contributed by atoms with Gasteiger partial charge in [-0.15, -0.1) is 11.3 Å². The van der Waals surface area contributed by atoms with E-state index in [1.54, 1.807) is 24.3 Å². The van der Waals surface area contributed by atoms with Gasteiger partial charge in [-0.25, -0.2) is 9.97 Å². The molecule has 4 rings (SSSR count). The molecule has 9 heteroatoms. The van der Waals surface area contributed by atoms with Gasteiger partial charge in [0.2, 0.25) is 5.91 Å². The number of aliphatic hydroxyl groups is 1. The van der Waals surface area contributed by atoms with E-state index in [-0.39, 0.29) is 18.4 Å². The third-order valence-corrected chi connectivity index (χ3v) is 7.85. The van der Waals surface area contributed by atoms with Crippen LogP contribution in [0.4, 0.5) is 0 Å². The summed E-state index contributed by atoms with van der Waals surface area (Å²) in [7, 11) is 0. The molecule has 0 unspecified atom stereocenters. The highest BCUT2D eigenvalue weighted by molar-refractivity contribution is 7.10. The van der Waals surface area contributed by atoms with Crippen LogP contribution in [-0.2, 0) is 24.2 Å². The minimum absolute atomic E-state index is 0.128. The standard InChI is InChI=1S/C24H33N5O3S/c1-16-14-33-23-13-28(6-5-21(16)23)12-20(31)11-25-24(32)22-10-19(26-15-27-22)9-18-3-7-29(8-4-18)17(2)30/h10,14-15,18,20,31H,3-9,11-13H2,1-2H3,(H,25,32)/t20-/m0/s1. The first-order valence-corrected chi connectivity index (χ1v) is 12.6. The number of aliphatic hydroxyl groups excluding tert-OH is 1. The molecule has 2 N–H and O–H groups in total. The summed E-state index contributed by atoms with van der Waals surface area (Å²) in [6.07, 6.45) is 4.47. The molecule has 0 saturated carbocycles. The second kappa shape index (κ2) is 10.7. The molecule has 0 bridgehead atoms. The smallest absolute Gasteiger partial charge is 0.270 e. The lowest BCUT2D eigenvalue weighted by molar-refractivity contribution is -0.130. The molecular weight excluding hydrogens is 438 g/mol. The van der Waals surface area contributed by atoms with E-state index in [0.717, 1.165) is 57.6 Å². The average Bonchev–Trinajstić information content (AvgIpc) is 3.18. The Morgan fingerprint density at radius 2 is 2.06 bits per heavy atom. The third kappa shape index (κ3) is 6.16. The molecule has 33 heavy (non-hydrogen) atoms. The van der Waals surface area contributed by atoms with E-state index >= 15 is 0 Å². The van der Waals surface area contributed by atoms with Crippen LogP contribution in [0.3, 0.4) is 0 Å². The van der Waals surface area contributed by atoms with Crippen molar-refractivity contribution in [1.82, 2.24) is 25.1 Å². The Morgan fingerprint density at radius 1 is 1.27 bits per heavy atom. The summed E-state index contributed by atoms with van der Waals surface area (Å²) < 4.78 is 0. The van der Waals surface area contributed by atoms with Gasteiger partial charge in [-0.3, -0.25) is 14.5 Å². The Kier molecular flexibility index (Phi) is 7.72. The number of amides is 2. The van der Waals surface area contributed by atoms with Crippen molar-refractivity contribution < 1.29 is 14.7 Å². The first kappa shape index (κ1) is 23.8. The lowest BCUT2D eigenvalue weighted by Gasteiger charge is -2.31. The fraction of sp³-hybridized carbons (Fsp3) is 0.583. The molecule has 0 aliphatic carbocycles. The van der Waals surface area contributed by atoms with Crippen LogP contribution in [0, 0.1) is 12.8 Å². The number of nitrogens with zero attached hydrogens (tertiary/aromatic N) is 4. The van der Waals surface area contributed by atoms with Crippen LogP contribution in [0.5, 0.6) is 0 Å². The summed E-state index contributed by atoms with van der Waals surface area (Å²) in [5.74, 6) is 0.285. The third-order valence-electron chi connectivity index (χ3n) is 6.72. The molecule has 2 aromatic heterocycles. The van der Waals surface area contributed by atoms with Crippen LogP contribution in [0.15, 0.2) is 17.8 Å². The fourth-order valence-corrected chi connectivity index (χ4v) is 5.87. The molecule has 1 atom stereocenters. The maximum Gasteiger partial charge on any atom is 0.270 e. The van der Waals surface area contributed by atoms with E-state index in [4.69, 9.17) is 0 Å². The van der Waals surface area contributed by atoms with E-state index in [2.05, 4.69) is 32.5 Å². The van der Waals surface area contributed by atoms with Gasteiger partial charge in [-0.1, -0.05) is 0 Å². The summed E-state index contributed by atoms with van der Waals surface area (Å²) in [4.78, 5) is 38.1. The molecule has 2 amide bonds. The van der Waals surface area contributed by atoms with Gasteiger partial charge in [0.1, 0.15) is 12.0 Å². The molecule has 2 aromatic rings. The fourth-order valence-electron chi connectivity index (χ4n) is 4.74. The number of rotatable bonds is 7. The van der Waals surface area contributed by atoms with Gasteiger partial charge < -0.3 is 15.3 Å². The number of aryl methyl sites for hydroxylation is 1. The van der Waals surface area contributed by atoms with Crippen LogP contribution in [-0.4, -0.2) is 75.5 Å².